The van der Waals surface area contributed by atoms with Gasteiger partial charge in [-0.1, -0.05) is 49.9 Å². The van der Waals surface area contributed by atoms with Gasteiger partial charge in [0.25, 0.3) is 11.8 Å². The summed E-state index contributed by atoms with van der Waals surface area (Å²) in [5.74, 6) is 0.771. The molecule has 4 amide bonds. The molecule has 24 heteroatoms. The van der Waals surface area contributed by atoms with E-state index in [1.807, 2.05) is 33.7 Å². The third-order valence-corrected chi connectivity index (χ3v) is 21.9. The van der Waals surface area contributed by atoms with E-state index >= 15 is 0 Å². The maximum Gasteiger partial charge on any atom is 0.494 e. The van der Waals surface area contributed by atoms with E-state index < -0.39 is 23.0 Å². The normalized spacial score (nSPS) is 23.2. The molecule has 9 aliphatic rings. The number of likely N-dealkylation sites (tertiary alicyclic amines) is 4. The molecule has 0 bridgehead atoms. The molecule has 6 N–H and O–H groups in total. The highest BCUT2D eigenvalue weighted by atomic mass is 79.9. The summed E-state index contributed by atoms with van der Waals surface area (Å²) in [7, 11) is -0.376. The first kappa shape index (κ1) is 64.2. The number of fused-ring (bicyclic) bond motifs is 6. The fourth-order valence-corrected chi connectivity index (χ4v) is 16.7. The molecule has 2 saturated carbocycles. The molecule has 7 aliphatic heterocycles. The van der Waals surface area contributed by atoms with Gasteiger partial charge in [0, 0.05) is 86.4 Å². The summed E-state index contributed by atoms with van der Waals surface area (Å²) in [5.41, 5.74) is 21.2. The van der Waals surface area contributed by atoms with E-state index in [9.17, 15) is 29.4 Å². The number of aliphatic hydroxyl groups excluding tert-OH is 2. The van der Waals surface area contributed by atoms with Crippen LogP contribution >= 0.6 is 15.9 Å². The van der Waals surface area contributed by atoms with Crippen LogP contribution < -0.4 is 26.7 Å². The van der Waals surface area contributed by atoms with Crippen LogP contribution in [0.4, 0.5) is 23.0 Å². The molecule has 92 heavy (non-hydrogen) atoms. The molecule has 0 unspecified atom stereocenters. The second-order valence-electron chi connectivity index (χ2n) is 27.8. The topological polar surface area (TPSA) is 260 Å². The maximum atomic E-state index is 14.5. The number of imidazole rings is 2. The van der Waals surface area contributed by atoms with Gasteiger partial charge in [-0.05, 0) is 176 Å². The zero-order chi connectivity index (χ0) is 64.5. The maximum absolute atomic E-state index is 14.5. The van der Waals surface area contributed by atoms with E-state index in [1.54, 1.807) is 16.1 Å². The second kappa shape index (κ2) is 26.0. The molecule has 4 aromatic heterocycles. The van der Waals surface area contributed by atoms with Crippen molar-refractivity contribution in [2.75, 3.05) is 86.8 Å². The number of nitrogen functional groups attached to an aromatic ring is 2. The van der Waals surface area contributed by atoms with Crippen LogP contribution in [0, 0.1) is 0 Å². The lowest BCUT2D eigenvalue weighted by Gasteiger charge is -2.49. The fraction of sp³-hybridized carbons (Fsp3) is 0.588. The first-order valence-corrected chi connectivity index (χ1v) is 34.6. The molecular weight excluding hydrogens is 1230 g/mol. The average molecular weight is 1320 g/mol. The molecule has 2 atom stereocenters. The fourth-order valence-electron chi connectivity index (χ4n) is 16.3. The van der Waals surface area contributed by atoms with Crippen LogP contribution in [0.1, 0.15) is 155 Å². The Kier molecular flexibility index (Phi) is 18.1. The molecule has 0 radical (unpaired) electrons. The van der Waals surface area contributed by atoms with Gasteiger partial charge in [0.1, 0.15) is 33.7 Å². The number of carbonyl (C=O) groups excluding carboxylic acids is 4. The summed E-state index contributed by atoms with van der Waals surface area (Å²) >= 11 is 3.29. The summed E-state index contributed by atoms with van der Waals surface area (Å²) < 4.78 is 16.3. The number of carbonyl (C=O) groups is 4. The van der Waals surface area contributed by atoms with Crippen LogP contribution in [0.25, 0.3) is 33.3 Å². The molecular formula is C68H90BBrN14O8. The zero-order valence-electron chi connectivity index (χ0n) is 54.2. The van der Waals surface area contributed by atoms with E-state index in [1.165, 1.54) is 65.2 Å². The van der Waals surface area contributed by atoms with Crippen LogP contribution in [-0.4, -0.2) is 192 Å². The van der Waals surface area contributed by atoms with Crippen LogP contribution in [0.3, 0.4) is 0 Å². The van der Waals surface area contributed by atoms with Crippen molar-refractivity contribution < 1.29 is 38.7 Å². The van der Waals surface area contributed by atoms with Gasteiger partial charge < -0.3 is 64.6 Å². The number of nitrogens with two attached hydrogens (primary N) is 2. The minimum Gasteiger partial charge on any atom is -0.405 e. The molecule has 7 fully saturated rings. The standard InChI is InChI=1S/C33H43N7O3.C26H36BN3O5.C9H11BrN4/c1-20(2)39-19-35-27-18-26(36-30(34)29(27)39)22-7-8-25-28(15-22)40(24-16-23(17-24)37-11-5-4-6-12-37)32(43)33(25)9-13-38(14-10-33)31(42)21(3)41;1-18(31)24(32)28-11-9-26(10-12-28)22-8-7-19(27-34-13-14-35-27)15-23(22)30(25(26)33)21-16-29(17-21)20-5-3-2-4-6-20;1-5(2)14-4-12-6-3-7(10)13-9(11)8(6)14/h7-8,15,18-21,23-24,41H,4-6,9-14,16-17H2,1-3H3,(H2,34,36);7-8,15,18,20-21,31H,2-6,9-14,16-17H2,1H3;3-5H,1-2H3,(H2,11,13)/t21-,23?,24?;18-;/m11./s1. The highest BCUT2D eigenvalue weighted by Crippen LogP contribution is 2.53. The van der Waals surface area contributed by atoms with Crippen molar-refractivity contribution in [2.24, 2.45) is 0 Å². The van der Waals surface area contributed by atoms with Gasteiger partial charge >= 0.3 is 7.12 Å². The van der Waals surface area contributed by atoms with Crippen LogP contribution in [0.2, 0.25) is 0 Å². The number of halogens is 1. The number of rotatable bonds is 10. The monoisotopic (exact) mass is 1320 g/mol. The number of aliphatic hydroxyl groups is 2. The van der Waals surface area contributed by atoms with Crippen LogP contribution in [-0.2, 0) is 39.3 Å². The van der Waals surface area contributed by atoms with Crippen molar-refractivity contribution in [3.63, 3.8) is 0 Å². The van der Waals surface area contributed by atoms with Crippen LogP contribution in [0.15, 0.2) is 65.8 Å². The number of piperidine rings is 3. The Labute approximate surface area is 547 Å². The SMILES string of the molecule is CC(C)n1cnc2cc(-c3ccc4c(c3)N(C3CC(N5CCCCC5)C3)C(=O)C43CCN(C(=O)[C@@H](C)O)CC3)nc(N)c21.CC(C)n1cnc2cc(Br)nc(N)c21.C[C@@H](O)C(=O)N1CCC2(CC1)C(=O)N(C1CN(C3CCCCC3)C1)c1cc(B3OCCO3)ccc12. The summed E-state index contributed by atoms with van der Waals surface area (Å²) in [4.78, 5) is 84.2. The summed E-state index contributed by atoms with van der Waals surface area (Å²) in [6, 6.07) is 18.5. The predicted octanol–water partition coefficient (Wildman–Crippen LogP) is 7.26. The largest absolute Gasteiger partial charge is 0.494 e. The molecule has 2 aromatic carbocycles. The van der Waals surface area contributed by atoms with Gasteiger partial charge in [-0.3, -0.25) is 24.1 Å². The van der Waals surface area contributed by atoms with E-state index in [4.69, 9.17) is 25.8 Å². The van der Waals surface area contributed by atoms with Gasteiger partial charge in [-0.2, -0.15) is 0 Å². The van der Waals surface area contributed by atoms with Gasteiger partial charge in [0.2, 0.25) is 11.8 Å². The Morgan fingerprint density at radius 3 is 1.64 bits per heavy atom. The highest BCUT2D eigenvalue weighted by molar-refractivity contribution is 9.10. The van der Waals surface area contributed by atoms with Gasteiger partial charge in [-0.15, -0.1) is 0 Å². The zero-order valence-corrected chi connectivity index (χ0v) is 55.8. The number of hydrogen-bond donors (Lipinski definition) is 4. The van der Waals surface area contributed by atoms with Crippen molar-refractivity contribution in [1.29, 1.82) is 0 Å². The quantitative estimate of drug-likeness (QED) is 0.0777. The van der Waals surface area contributed by atoms with Crippen molar-refractivity contribution >= 4 is 97.2 Å². The molecule has 22 nitrogen and oxygen atoms in total. The van der Waals surface area contributed by atoms with Crippen LogP contribution in [0.5, 0.6) is 0 Å². The van der Waals surface area contributed by atoms with E-state index in [-0.39, 0.29) is 48.9 Å². The predicted molar refractivity (Wildman–Crippen MR) is 359 cm³/mol. The third kappa shape index (κ3) is 11.7. The van der Waals surface area contributed by atoms with Crippen molar-refractivity contribution in [1.82, 2.24) is 48.7 Å². The Balaban J connectivity index is 0.000000141. The lowest BCUT2D eigenvalue weighted by molar-refractivity contribution is -0.142. The molecule has 2 aliphatic carbocycles. The Bertz CT molecular complexity index is 3740. The number of nitrogens with zero attached hydrogens (tertiary/aromatic N) is 12. The van der Waals surface area contributed by atoms with Crippen molar-refractivity contribution in [3.05, 3.63) is 76.9 Å². The minimum atomic E-state index is -1.04. The van der Waals surface area contributed by atoms with Crippen molar-refractivity contribution in [2.45, 2.75) is 191 Å². The molecule has 2 spiro atoms. The lowest BCUT2D eigenvalue weighted by atomic mass is 9.71. The van der Waals surface area contributed by atoms with Gasteiger partial charge in [-0.25, -0.2) is 19.9 Å². The molecule has 15 rings (SSSR count). The molecule has 6 aromatic rings. The molecule has 5 saturated heterocycles. The van der Waals surface area contributed by atoms with Gasteiger partial charge in [0.15, 0.2) is 5.82 Å². The highest BCUT2D eigenvalue weighted by Gasteiger charge is 2.58. The molecule has 490 valence electrons. The second-order valence-corrected chi connectivity index (χ2v) is 28.6. The average Bonchev–Trinajstić information content (AvgIpc) is 1.56. The van der Waals surface area contributed by atoms with Gasteiger partial charge in [0.05, 0.1) is 59.5 Å². The third-order valence-electron chi connectivity index (χ3n) is 21.5. The molecule has 11 heterocycles. The summed E-state index contributed by atoms with van der Waals surface area (Å²) in [6.07, 6.45) is 16.2. The van der Waals surface area contributed by atoms with E-state index in [2.05, 4.69) is 109 Å². The number of pyridine rings is 2. The Morgan fingerprint density at radius 1 is 0.598 bits per heavy atom. The first-order valence-electron chi connectivity index (χ1n) is 33.8. The Hall–Kier alpha value is -6.54. The Morgan fingerprint density at radius 2 is 1.10 bits per heavy atom. The smallest absolute Gasteiger partial charge is 0.405 e. The number of aromatic nitrogens is 6. The van der Waals surface area contributed by atoms with E-state index in [0.29, 0.717) is 94.8 Å². The number of benzene rings is 2. The minimum absolute atomic E-state index is 0.157. The first-order chi connectivity index (χ1) is 44.2. The number of hydrogen-bond acceptors (Lipinski definition) is 16. The summed E-state index contributed by atoms with van der Waals surface area (Å²) in [6.45, 7) is 18.6. The number of amides is 4. The lowest BCUT2D eigenvalue weighted by Crippen LogP contribution is -2.64. The number of anilines is 4. The summed E-state index contributed by atoms with van der Waals surface area (Å²) in [5, 5.41) is 19.7. The van der Waals surface area contributed by atoms with E-state index in [0.717, 1.165) is 105 Å². The van der Waals surface area contributed by atoms with Crippen molar-refractivity contribution in [3.8, 4) is 11.3 Å².